The zero-order valence-electron chi connectivity index (χ0n) is 11.9. The lowest BCUT2D eigenvalue weighted by Crippen LogP contribution is -2.36. The molecule has 0 spiro atoms. The Bertz CT molecular complexity index is 454. The number of nitrogens with zero attached hydrogens (tertiary/aromatic N) is 2. The maximum Gasteiger partial charge on any atom is 0.0991 e. The van der Waals surface area contributed by atoms with Crippen LogP contribution in [0.25, 0.3) is 0 Å². The van der Waals surface area contributed by atoms with Crippen LogP contribution in [-0.2, 0) is 6.54 Å². The van der Waals surface area contributed by atoms with Gasteiger partial charge in [-0.3, -0.25) is 4.90 Å². The molecule has 0 aliphatic carbocycles. The van der Waals surface area contributed by atoms with Gasteiger partial charge in [-0.15, -0.1) is 0 Å². The Kier molecular flexibility index (Phi) is 4.95. The lowest BCUT2D eigenvalue weighted by atomic mass is 9.96. The molecule has 1 N–H and O–H groups in total. The van der Waals surface area contributed by atoms with E-state index in [1.165, 1.54) is 37.1 Å². The van der Waals surface area contributed by atoms with Crippen molar-refractivity contribution >= 4 is 0 Å². The Morgan fingerprint density at radius 3 is 2.68 bits per heavy atom. The molecule has 1 aliphatic rings. The molecule has 1 aliphatic heterocycles. The average Bonchev–Trinajstić information content (AvgIpc) is 2.43. The van der Waals surface area contributed by atoms with Crippen LogP contribution in [0.3, 0.4) is 0 Å². The number of hydrogen-bond acceptors (Lipinski definition) is 3. The molecule has 102 valence electrons. The Labute approximate surface area is 116 Å². The summed E-state index contributed by atoms with van der Waals surface area (Å²) in [4.78, 5) is 2.53. The quantitative estimate of drug-likeness (QED) is 0.899. The fourth-order valence-corrected chi connectivity index (χ4v) is 2.82. The van der Waals surface area contributed by atoms with Gasteiger partial charge in [-0.1, -0.05) is 6.07 Å². The second-order valence-electron chi connectivity index (χ2n) is 5.53. The summed E-state index contributed by atoms with van der Waals surface area (Å²) in [5, 5.41) is 12.2. The van der Waals surface area contributed by atoms with Gasteiger partial charge in [-0.2, -0.15) is 5.26 Å². The first-order valence-corrected chi connectivity index (χ1v) is 7.09. The molecular weight excluding hydrogens is 234 g/mol. The first-order chi connectivity index (χ1) is 9.22. The van der Waals surface area contributed by atoms with Crippen LogP contribution < -0.4 is 5.32 Å². The largest absolute Gasteiger partial charge is 0.319 e. The molecule has 0 amide bonds. The summed E-state index contributed by atoms with van der Waals surface area (Å²) in [5.41, 5.74) is 3.34. The van der Waals surface area contributed by atoms with Crippen LogP contribution in [0, 0.1) is 24.2 Å². The first-order valence-electron chi connectivity index (χ1n) is 7.09. The van der Waals surface area contributed by atoms with Crippen molar-refractivity contribution in [2.24, 2.45) is 5.92 Å². The van der Waals surface area contributed by atoms with Crippen LogP contribution in [0.15, 0.2) is 18.2 Å². The van der Waals surface area contributed by atoms with Crippen molar-refractivity contribution in [3.05, 3.63) is 34.9 Å². The summed E-state index contributed by atoms with van der Waals surface area (Å²) in [7, 11) is 2.03. The van der Waals surface area contributed by atoms with Crippen molar-refractivity contribution in [2.45, 2.75) is 26.3 Å². The molecule has 0 bridgehead atoms. The lowest BCUT2D eigenvalue weighted by molar-refractivity contribution is 0.176. The maximum absolute atomic E-state index is 8.89. The topological polar surface area (TPSA) is 39.1 Å². The molecule has 0 saturated carbocycles. The predicted molar refractivity (Wildman–Crippen MR) is 77.8 cm³/mol. The van der Waals surface area contributed by atoms with E-state index in [1.54, 1.807) is 0 Å². The second-order valence-corrected chi connectivity index (χ2v) is 5.53. The normalized spacial score (nSPS) is 17.3. The number of rotatable bonds is 4. The molecule has 19 heavy (non-hydrogen) atoms. The fourth-order valence-electron chi connectivity index (χ4n) is 2.82. The number of benzene rings is 1. The molecule has 0 radical (unpaired) electrons. The Balaban J connectivity index is 1.91. The summed E-state index contributed by atoms with van der Waals surface area (Å²) in [6.07, 6.45) is 2.58. The van der Waals surface area contributed by atoms with Crippen LogP contribution in [-0.4, -0.2) is 31.6 Å². The average molecular weight is 257 g/mol. The highest BCUT2D eigenvalue weighted by Gasteiger charge is 2.18. The Morgan fingerprint density at radius 1 is 1.37 bits per heavy atom. The fraction of sp³-hybridized carbons (Fsp3) is 0.562. The van der Waals surface area contributed by atoms with Crippen LogP contribution >= 0.6 is 0 Å². The van der Waals surface area contributed by atoms with E-state index >= 15 is 0 Å². The molecule has 1 heterocycles. The maximum atomic E-state index is 8.89. The van der Waals surface area contributed by atoms with Crippen molar-refractivity contribution in [3.8, 4) is 6.07 Å². The molecule has 1 aromatic carbocycles. The summed E-state index contributed by atoms with van der Waals surface area (Å²) >= 11 is 0. The van der Waals surface area contributed by atoms with Crippen molar-refractivity contribution in [1.82, 2.24) is 10.2 Å². The van der Waals surface area contributed by atoms with E-state index in [2.05, 4.69) is 29.3 Å². The van der Waals surface area contributed by atoms with Crippen molar-refractivity contribution in [3.63, 3.8) is 0 Å². The van der Waals surface area contributed by atoms with Gasteiger partial charge in [-0.05, 0) is 75.6 Å². The van der Waals surface area contributed by atoms with Gasteiger partial charge in [-0.25, -0.2) is 0 Å². The van der Waals surface area contributed by atoms with Crippen LogP contribution in [0.1, 0.15) is 29.5 Å². The minimum atomic E-state index is 0.758. The van der Waals surface area contributed by atoms with Gasteiger partial charge >= 0.3 is 0 Å². The molecule has 3 nitrogen and oxygen atoms in total. The lowest BCUT2D eigenvalue weighted by Gasteiger charge is -2.32. The number of hydrogen-bond donors (Lipinski definition) is 1. The van der Waals surface area contributed by atoms with Gasteiger partial charge in [0.15, 0.2) is 0 Å². The molecule has 2 rings (SSSR count). The van der Waals surface area contributed by atoms with E-state index in [0.717, 1.165) is 24.6 Å². The van der Waals surface area contributed by atoms with E-state index in [1.807, 2.05) is 19.2 Å². The van der Waals surface area contributed by atoms with Crippen molar-refractivity contribution < 1.29 is 0 Å². The highest BCUT2D eigenvalue weighted by Crippen LogP contribution is 2.20. The zero-order chi connectivity index (χ0) is 13.7. The van der Waals surface area contributed by atoms with Gasteiger partial charge < -0.3 is 5.32 Å². The number of nitrogens with one attached hydrogen (secondary N) is 1. The third-order valence-corrected chi connectivity index (χ3v) is 4.07. The smallest absolute Gasteiger partial charge is 0.0991 e. The molecule has 3 heteroatoms. The van der Waals surface area contributed by atoms with E-state index in [9.17, 15) is 0 Å². The Morgan fingerprint density at radius 2 is 2.11 bits per heavy atom. The molecule has 1 fully saturated rings. The number of piperidine rings is 1. The van der Waals surface area contributed by atoms with Crippen LogP contribution in [0.4, 0.5) is 0 Å². The summed E-state index contributed by atoms with van der Waals surface area (Å²) in [6.45, 7) is 6.63. The molecular formula is C16H23N3. The van der Waals surface area contributed by atoms with E-state index in [4.69, 9.17) is 5.26 Å². The highest BCUT2D eigenvalue weighted by molar-refractivity contribution is 5.37. The van der Waals surface area contributed by atoms with Crippen LogP contribution in [0.2, 0.25) is 0 Å². The van der Waals surface area contributed by atoms with E-state index < -0.39 is 0 Å². The van der Waals surface area contributed by atoms with Crippen LogP contribution in [0.5, 0.6) is 0 Å². The van der Waals surface area contributed by atoms with Crippen molar-refractivity contribution in [1.29, 1.82) is 5.26 Å². The Hall–Kier alpha value is -1.37. The predicted octanol–water partition coefficient (Wildman–Crippen LogP) is 2.30. The molecule has 0 unspecified atom stereocenters. The number of aryl methyl sites for hydroxylation is 1. The molecule has 0 aromatic heterocycles. The minimum absolute atomic E-state index is 0.758. The van der Waals surface area contributed by atoms with Gasteiger partial charge in [0.25, 0.3) is 0 Å². The first kappa shape index (κ1) is 14.0. The minimum Gasteiger partial charge on any atom is -0.319 e. The summed E-state index contributed by atoms with van der Waals surface area (Å²) in [6, 6.07) is 8.22. The SMILES string of the molecule is CNCC1CCN(Cc2ccc(C#N)cc2C)CC1. The zero-order valence-corrected chi connectivity index (χ0v) is 11.9. The van der Waals surface area contributed by atoms with Gasteiger partial charge in [0, 0.05) is 6.54 Å². The molecule has 0 atom stereocenters. The third-order valence-electron chi connectivity index (χ3n) is 4.07. The standard InChI is InChI=1S/C16H23N3/c1-13-9-15(10-17)3-4-16(13)12-19-7-5-14(6-8-19)11-18-2/h3-4,9,14,18H,5-8,11-12H2,1-2H3. The van der Waals surface area contributed by atoms with E-state index in [0.29, 0.717) is 0 Å². The highest BCUT2D eigenvalue weighted by atomic mass is 15.1. The second kappa shape index (κ2) is 6.70. The van der Waals surface area contributed by atoms with Gasteiger partial charge in [0.1, 0.15) is 0 Å². The van der Waals surface area contributed by atoms with Gasteiger partial charge in [0.05, 0.1) is 11.6 Å². The molecule has 1 saturated heterocycles. The summed E-state index contributed by atoms with van der Waals surface area (Å²) < 4.78 is 0. The summed E-state index contributed by atoms with van der Waals surface area (Å²) in [5.74, 6) is 0.836. The third kappa shape index (κ3) is 3.79. The number of nitriles is 1. The molecule has 1 aromatic rings. The monoisotopic (exact) mass is 257 g/mol. The van der Waals surface area contributed by atoms with Crippen molar-refractivity contribution in [2.75, 3.05) is 26.7 Å². The number of likely N-dealkylation sites (tertiary alicyclic amines) is 1. The van der Waals surface area contributed by atoms with E-state index in [-0.39, 0.29) is 0 Å². The van der Waals surface area contributed by atoms with Gasteiger partial charge in [0.2, 0.25) is 0 Å².